The van der Waals surface area contributed by atoms with Gasteiger partial charge in [0.25, 0.3) is 0 Å². The summed E-state index contributed by atoms with van der Waals surface area (Å²) < 4.78 is 36.5. The van der Waals surface area contributed by atoms with Crippen LogP contribution in [0.15, 0.2) is 42.5 Å². The maximum absolute atomic E-state index is 12.6. The van der Waals surface area contributed by atoms with Crippen LogP contribution in [0.25, 0.3) is 0 Å². The molecule has 0 aromatic heterocycles. The Morgan fingerprint density at radius 3 is 2.39 bits per heavy atom. The Kier molecular flexibility index (Phi) is 8.74. The number of amides is 1. The minimum Gasteiger partial charge on any atom is -0.493 e. The average molecular weight is 449 g/mol. The van der Waals surface area contributed by atoms with Crippen LogP contribution < -0.4 is 19.1 Å². The quantitative estimate of drug-likeness (QED) is 0.565. The SMILES string of the molecule is CC[C@H](NC(=O)CCCN(c1cccc(C)c1)S(C)(=O)=O)c1ccc(OC)c(OC)c1. The van der Waals surface area contributed by atoms with Crippen molar-refractivity contribution in [3.63, 3.8) is 0 Å². The Morgan fingerprint density at radius 1 is 1.10 bits per heavy atom. The average Bonchev–Trinajstić information content (AvgIpc) is 2.73. The molecule has 0 bridgehead atoms. The van der Waals surface area contributed by atoms with E-state index in [9.17, 15) is 13.2 Å². The van der Waals surface area contributed by atoms with Crippen LogP contribution in [0.3, 0.4) is 0 Å². The lowest BCUT2D eigenvalue weighted by Crippen LogP contribution is -2.33. The molecule has 1 amide bonds. The summed E-state index contributed by atoms with van der Waals surface area (Å²) >= 11 is 0. The molecule has 2 rings (SSSR count). The molecule has 0 fully saturated rings. The van der Waals surface area contributed by atoms with Gasteiger partial charge in [0.05, 0.1) is 32.2 Å². The van der Waals surface area contributed by atoms with Crippen molar-refractivity contribution < 1.29 is 22.7 Å². The molecule has 31 heavy (non-hydrogen) atoms. The van der Waals surface area contributed by atoms with E-state index in [0.717, 1.165) is 11.1 Å². The van der Waals surface area contributed by atoms with Gasteiger partial charge in [-0.15, -0.1) is 0 Å². The van der Waals surface area contributed by atoms with Crippen LogP contribution in [0, 0.1) is 6.92 Å². The number of benzene rings is 2. The fraction of sp³-hybridized carbons (Fsp3) is 0.435. The van der Waals surface area contributed by atoms with Gasteiger partial charge in [0.1, 0.15) is 0 Å². The first-order valence-corrected chi connectivity index (χ1v) is 12.1. The van der Waals surface area contributed by atoms with Crippen LogP contribution in [0.4, 0.5) is 5.69 Å². The van der Waals surface area contributed by atoms with Gasteiger partial charge in [-0.1, -0.05) is 25.1 Å². The molecule has 0 aliphatic rings. The summed E-state index contributed by atoms with van der Waals surface area (Å²) in [6.45, 7) is 4.14. The third kappa shape index (κ3) is 6.89. The number of nitrogens with zero attached hydrogens (tertiary/aromatic N) is 1. The summed E-state index contributed by atoms with van der Waals surface area (Å²) in [7, 11) is -0.293. The van der Waals surface area contributed by atoms with Crippen LogP contribution in [-0.4, -0.2) is 41.3 Å². The number of ether oxygens (including phenoxy) is 2. The summed E-state index contributed by atoms with van der Waals surface area (Å²) in [4.78, 5) is 12.6. The van der Waals surface area contributed by atoms with Crippen LogP contribution >= 0.6 is 0 Å². The summed E-state index contributed by atoms with van der Waals surface area (Å²) in [5, 5.41) is 3.03. The Morgan fingerprint density at radius 2 is 1.81 bits per heavy atom. The van der Waals surface area contributed by atoms with E-state index in [1.165, 1.54) is 10.6 Å². The van der Waals surface area contributed by atoms with E-state index in [-0.39, 0.29) is 24.9 Å². The van der Waals surface area contributed by atoms with E-state index in [2.05, 4.69) is 5.32 Å². The van der Waals surface area contributed by atoms with Crippen molar-refractivity contribution in [3.8, 4) is 11.5 Å². The predicted molar refractivity (Wildman–Crippen MR) is 123 cm³/mol. The van der Waals surface area contributed by atoms with Gasteiger partial charge in [0.2, 0.25) is 15.9 Å². The zero-order chi connectivity index (χ0) is 23.0. The van der Waals surface area contributed by atoms with Gasteiger partial charge in [0.15, 0.2) is 11.5 Å². The van der Waals surface area contributed by atoms with Crippen LogP contribution in [-0.2, 0) is 14.8 Å². The van der Waals surface area contributed by atoms with Gasteiger partial charge in [-0.25, -0.2) is 8.42 Å². The summed E-state index contributed by atoms with van der Waals surface area (Å²) in [5.74, 6) is 1.11. The third-order valence-electron chi connectivity index (χ3n) is 5.01. The molecule has 0 spiro atoms. The van der Waals surface area contributed by atoms with Crippen molar-refractivity contribution in [2.24, 2.45) is 0 Å². The van der Waals surface area contributed by atoms with Gasteiger partial charge >= 0.3 is 0 Å². The summed E-state index contributed by atoms with van der Waals surface area (Å²) in [6, 6.07) is 12.7. The Hall–Kier alpha value is -2.74. The predicted octanol–water partition coefficient (Wildman–Crippen LogP) is 3.83. The van der Waals surface area contributed by atoms with Crippen molar-refractivity contribution in [2.45, 2.75) is 39.2 Å². The molecule has 7 nitrogen and oxygen atoms in total. The normalized spacial score (nSPS) is 12.2. The van der Waals surface area contributed by atoms with E-state index in [4.69, 9.17) is 9.47 Å². The molecule has 0 unspecified atom stereocenters. The Balaban J connectivity index is 2.01. The minimum absolute atomic E-state index is 0.126. The molecule has 0 aliphatic carbocycles. The maximum Gasteiger partial charge on any atom is 0.232 e. The zero-order valence-corrected chi connectivity index (χ0v) is 19.7. The monoisotopic (exact) mass is 448 g/mol. The summed E-state index contributed by atoms with van der Waals surface area (Å²) in [5.41, 5.74) is 2.51. The third-order valence-corrected chi connectivity index (χ3v) is 6.20. The molecule has 1 N–H and O–H groups in total. The molecule has 2 aromatic carbocycles. The van der Waals surface area contributed by atoms with E-state index in [1.807, 2.05) is 50.2 Å². The first-order chi connectivity index (χ1) is 14.7. The first kappa shape index (κ1) is 24.5. The number of hydrogen-bond acceptors (Lipinski definition) is 5. The van der Waals surface area contributed by atoms with E-state index in [1.54, 1.807) is 20.3 Å². The van der Waals surface area contributed by atoms with Crippen molar-refractivity contribution in [2.75, 3.05) is 31.3 Å². The lowest BCUT2D eigenvalue weighted by Gasteiger charge is -2.23. The smallest absolute Gasteiger partial charge is 0.232 e. The van der Waals surface area contributed by atoms with Crippen LogP contribution in [0.2, 0.25) is 0 Å². The molecule has 2 aromatic rings. The molecule has 1 atom stereocenters. The molecule has 8 heteroatoms. The summed E-state index contributed by atoms with van der Waals surface area (Å²) in [6.07, 6.45) is 2.52. The fourth-order valence-corrected chi connectivity index (χ4v) is 4.37. The van der Waals surface area contributed by atoms with Gasteiger partial charge in [-0.2, -0.15) is 0 Å². The maximum atomic E-state index is 12.6. The molecular formula is C23H32N2O5S. The second kappa shape index (κ2) is 11.0. The molecule has 0 radical (unpaired) electrons. The first-order valence-electron chi connectivity index (χ1n) is 10.2. The number of hydrogen-bond donors (Lipinski definition) is 1. The number of nitrogens with one attached hydrogen (secondary N) is 1. The Labute approximate surface area is 185 Å². The number of aryl methyl sites for hydroxylation is 1. The lowest BCUT2D eigenvalue weighted by atomic mass is 10.0. The largest absolute Gasteiger partial charge is 0.493 e. The van der Waals surface area contributed by atoms with Crippen molar-refractivity contribution in [1.82, 2.24) is 5.32 Å². The fourth-order valence-electron chi connectivity index (χ4n) is 3.41. The standard InChI is InChI=1S/C23H32N2O5S/c1-6-20(18-12-13-21(29-3)22(16-18)30-4)24-23(26)11-8-14-25(31(5,27)28)19-10-7-9-17(2)15-19/h7,9-10,12-13,15-16,20H,6,8,11,14H2,1-5H3,(H,24,26)/t20-/m0/s1. The van der Waals surface area contributed by atoms with E-state index >= 15 is 0 Å². The lowest BCUT2D eigenvalue weighted by molar-refractivity contribution is -0.121. The number of rotatable bonds is 11. The second-order valence-corrected chi connectivity index (χ2v) is 9.33. The highest BCUT2D eigenvalue weighted by Gasteiger charge is 2.19. The number of sulfonamides is 1. The van der Waals surface area contributed by atoms with E-state index < -0.39 is 10.0 Å². The minimum atomic E-state index is -3.44. The highest BCUT2D eigenvalue weighted by molar-refractivity contribution is 7.92. The van der Waals surface area contributed by atoms with Crippen molar-refractivity contribution in [1.29, 1.82) is 0 Å². The van der Waals surface area contributed by atoms with Crippen molar-refractivity contribution in [3.05, 3.63) is 53.6 Å². The van der Waals surface area contributed by atoms with Gasteiger partial charge in [0, 0.05) is 13.0 Å². The number of methoxy groups -OCH3 is 2. The zero-order valence-electron chi connectivity index (χ0n) is 18.8. The molecule has 0 aliphatic heterocycles. The second-order valence-electron chi connectivity index (χ2n) is 7.42. The molecule has 170 valence electrons. The van der Waals surface area contributed by atoms with Gasteiger partial charge in [-0.3, -0.25) is 9.10 Å². The highest BCUT2D eigenvalue weighted by Crippen LogP contribution is 2.31. The highest BCUT2D eigenvalue weighted by atomic mass is 32.2. The molecule has 0 saturated carbocycles. The van der Waals surface area contributed by atoms with Crippen LogP contribution in [0.5, 0.6) is 11.5 Å². The van der Waals surface area contributed by atoms with E-state index in [0.29, 0.717) is 30.0 Å². The molecule has 0 heterocycles. The van der Waals surface area contributed by atoms with Gasteiger partial charge < -0.3 is 14.8 Å². The molecular weight excluding hydrogens is 416 g/mol. The Bertz CT molecular complexity index is 991. The number of carbonyl (C=O) groups excluding carboxylic acids is 1. The van der Waals surface area contributed by atoms with Crippen LogP contribution in [0.1, 0.15) is 43.4 Å². The topological polar surface area (TPSA) is 84.9 Å². The number of anilines is 1. The molecule has 0 saturated heterocycles. The number of carbonyl (C=O) groups is 1. The van der Waals surface area contributed by atoms with Crippen molar-refractivity contribution >= 4 is 21.6 Å². The van der Waals surface area contributed by atoms with Gasteiger partial charge in [-0.05, 0) is 55.2 Å².